The van der Waals surface area contributed by atoms with E-state index in [9.17, 15) is 0 Å². The minimum Gasteiger partial charge on any atom is -0.354 e. The molecule has 1 aliphatic rings. The van der Waals surface area contributed by atoms with Gasteiger partial charge in [-0.25, -0.2) is 0 Å². The lowest BCUT2D eigenvalue weighted by Crippen LogP contribution is -2.23. The monoisotopic (exact) mass is 290 g/mol. The van der Waals surface area contributed by atoms with Gasteiger partial charge in [-0.2, -0.15) is 0 Å². The van der Waals surface area contributed by atoms with Crippen LogP contribution in [0, 0.1) is 0 Å². The van der Waals surface area contributed by atoms with E-state index in [4.69, 9.17) is 0 Å². The number of hydrogen-bond donors (Lipinski definition) is 1. The molecule has 0 amide bonds. The fourth-order valence-electron chi connectivity index (χ4n) is 3.59. The molecule has 0 aliphatic heterocycles. The van der Waals surface area contributed by atoms with Crippen LogP contribution < -0.4 is 5.32 Å². The molecule has 1 unspecified atom stereocenters. The minimum absolute atomic E-state index is 0.606. The molecule has 2 nitrogen and oxygen atoms in total. The van der Waals surface area contributed by atoms with E-state index in [1.54, 1.807) is 11.1 Å². The van der Waals surface area contributed by atoms with Gasteiger partial charge in [0, 0.05) is 25.0 Å². The Morgan fingerprint density at radius 1 is 1.05 bits per heavy atom. The maximum Gasteiger partial charge on any atom is 0.0338 e. The van der Waals surface area contributed by atoms with Gasteiger partial charge in [-0.15, -0.1) is 0 Å². The first-order valence-corrected chi connectivity index (χ1v) is 9.27. The van der Waals surface area contributed by atoms with Gasteiger partial charge >= 0.3 is 0 Å². The summed E-state index contributed by atoms with van der Waals surface area (Å²) in [5.74, 6) is 0. The molecule has 0 aromatic carbocycles. The zero-order valence-electron chi connectivity index (χ0n) is 14.2. The molecule has 0 saturated carbocycles. The molecular formula is C19H34N2. The van der Waals surface area contributed by atoms with E-state index < -0.39 is 0 Å². The summed E-state index contributed by atoms with van der Waals surface area (Å²) >= 11 is 0. The third-order valence-corrected chi connectivity index (χ3v) is 4.78. The fourth-order valence-corrected chi connectivity index (χ4v) is 3.59. The maximum absolute atomic E-state index is 3.64. The number of unbranched alkanes of at least 4 members (excludes halogenated alkanes) is 6. The number of rotatable bonds is 10. The molecule has 0 bridgehead atoms. The summed E-state index contributed by atoms with van der Waals surface area (Å²) in [6.07, 6.45) is 18.5. The van der Waals surface area contributed by atoms with E-state index in [1.807, 2.05) is 0 Å². The van der Waals surface area contributed by atoms with E-state index >= 15 is 0 Å². The van der Waals surface area contributed by atoms with Gasteiger partial charge < -0.3 is 9.88 Å². The molecule has 21 heavy (non-hydrogen) atoms. The van der Waals surface area contributed by atoms with Gasteiger partial charge in [0.2, 0.25) is 0 Å². The summed E-state index contributed by atoms with van der Waals surface area (Å²) in [6, 6.07) is 0.606. The van der Waals surface area contributed by atoms with Gasteiger partial charge in [-0.1, -0.05) is 52.4 Å². The molecule has 120 valence electrons. The third-order valence-electron chi connectivity index (χ3n) is 4.78. The number of nitrogens with zero attached hydrogens (tertiary/aromatic N) is 1. The van der Waals surface area contributed by atoms with Crippen molar-refractivity contribution in [2.24, 2.45) is 0 Å². The molecule has 0 saturated heterocycles. The highest BCUT2D eigenvalue weighted by Crippen LogP contribution is 2.30. The number of fused-ring (bicyclic) bond motifs is 1. The smallest absolute Gasteiger partial charge is 0.0338 e. The van der Waals surface area contributed by atoms with Crippen LogP contribution in [0.15, 0.2) is 12.4 Å². The molecule has 2 heteroatoms. The summed E-state index contributed by atoms with van der Waals surface area (Å²) in [6.45, 7) is 6.78. The highest BCUT2D eigenvalue weighted by Gasteiger charge is 2.20. The van der Waals surface area contributed by atoms with Gasteiger partial charge in [0.1, 0.15) is 0 Å². The predicted octanol–water partition coefficient (Wildman–Crippen LogP) is 5.23. The van der Waals surface area contributed by atoms with E-state index in [-0.39, 0.29) is 0 Å². The Morgan fingerprint density at radius 3 is 2.57 bits per heavy atom. The maximum atomic E-state index is 3.64. The molecular weight excluding hydrogens is 256 g/mol. The molecule has 0 fully saturated rings. The van der Waals surface area contributed by atoms with Crippen molar-refractivity contribution in [1.82, 2.24) is 9.88 Å². The predicted molar refractivity (Wildman–Crippen MR) is 91.8 cm³/mol. The largest absolute Gasteiger partial charge is 0.354 e. The second-order valence-electron chi connectivity index (χ2n) is 6.60. The van der Waals surface area contributed by atoms with Crippen LogP contribution in [0.5, 0.6) is 0 Å². The lowest BCUT2D eigenvalue weighted by atomic mass is 9.91. The number of aryl methyl sites for hydroxylation is 2. The molecule has 0 radical (unpaired) electrons. The summed E-state index contributed by atoms with van der Waals surface area (Å²) in [5, 5.41) is 3.64. The Bertz CT molecular complexity index is 394. The highest BCUT2D eigenvalue weighted by molar-refractivity contribution is 5.30. The van der Waals surface area contributed by atoms with Crippen molar-refractivity contribution in [3.8, 4) is 0 Å². The number of nitrogens with one attached hydrogen (secondary N) is 1. The summed E-state index contributed by atoms with van der Waals surface area (Å²) in [4.78, 5) is 0. The van der Waals surface area contributed by atoms with Gasteiger partial charge in [0.05, 0.1) is 0 Å². The van der Waals surface area contributed by atoms with Crippen LogP contribution in [-0.4, -0.2) is 11.1 Å². The van der Waals surface area contributed by atoms with Crippen LogP contribution in [0.1, 0.15) is 88.8 Å². The van der Waals surface area contributed by atoms with Crippen LogP contribution in [-0.2, 0) is 13.0 Å². The first-order valence-electron chi connectivity index (χ1n) is 9.27. The summed E-state index contributed by atoms with van der Waals surface area (Å²) in [7, 11) is 0. The second-order valence-corrected chi connectivity index (χ2v) is 6.60. The molecule has 1 aliphatic carbocycles. The molecule has 1 aromatic rings. The Kier molecular flexibility index (Phi) is 7.35. The zero-order valence-corrected chi connectivity index (χ0v) is 14.2. The average molecular weight is 290 g/mol. The van der Waals surface area contributed by atoms with Crippen LogP contribution in [0.3, 0.4) is 0 Å². The Balaban J connectivity index is 1.72. The Morgan fingerprint density at radius 2 is 1.81 bits per heavy atom. The van der Waals surface area contributed by atoms with Crippen molar-refractivity contribution in [2.45, 2.75) is 90.6 Å². The Hall–Kier alpha value is -0.760. The van der Waals surface area contributed by atoms with Crippen molar-refractivity contribution in [3.63, 3.8) is 0 Å². The van der Waals surface area contributed by atoms with Crippen LogP contribution in [0.2, 0.25) is 0 Å². The fraction of sp³-hybridized carbons (Fsp3) is 0.789. The van der Waals surface area contributed by atoms with Gasteiger partial charge in [-0.3, -0.25) is 0 Å². The molecule has 1 atom stereocenters. The van der Waals surface area contributed by atoms with Crippen molar-refractivity contribution in [3.05, 3.63) is 23.5 Å². The first-order chi connectivity index (χ1) is 10.3. The minimum atomic E-state index is 0.606. The van der Waals surface area contributed by atoms with E-state index in [0.29, 0.717) is 6.04 Å². The summed E-state index contributed by atoms with van der Waals surface area (Å²) < 4.78 is 2.45. The average Bonchev–Trinajstić information content (AvgIpc) is 2.90. The highest BCUT2D eigenvalue weighted by atomic mass is 15.0. The van der Waals surface area contributed by atoms with E-state index in [1.165, 1.54) is 70.8 Å². The van der Waals surface area contributed by atoms with E-state index in [2.05, 4.69) is 36.1 Å². The second kappa shape index (κ2) is 9.30. The standard InChI is InChI=1S/C19H34N2/c1-3-5-6-7-8-9-10-14-21-15-17-12-11-13-19(20-4-2)18(17)16-21/h15-16,19-20H,3-14H2,1-2H3. The van der Waals surface area contributed by atoms with Gasteiger partial charge in [-0.05, 0) is 43.4 Å². The normalized spacial score (nSPS) is 17.9. The van der Waals surface area contributed by atoms with Crippen molar-refractivity contribution >= 4 is 0 Å². The molecule has 1 aromatic heterocycles. The quantitative estimate of drug-likeness (QED) is 0.584. The Labute approximate surface area is 131 Å². The van der Waals surface area contributed by atoms with Crippen LogP contribution >= 0.6 is 0 Å². The molecule has 0 spiro atoms. The lowest BCUT2D eigenvalue weighted by Gasteiger charge is -2.22. The first kappa shape index (κ1) is 16.6. The molecule has 1 heterocycles. The van der Waals surface area contributed by atoms with Crippen molar-refractivity contribution in [2.75, 3.05) is 6.54 Å². The number of hydrogen-bond acceptors (Lipinski definition) is 1. The topological polar surface area (TPSA) is 17.0 Å². The molecule has 2 rings (SSSR count). The SMILES string of the molecule is CCCCCCCCCn1cc2c(c1)C(NCC)CCC2. The number of aromatic nitrogens is 1. The lowest BCUT2D eigenvalue weighted by molar-refractivity contribution is 0.473. The van der Waals surface area contributed by atoms with Gasteiger partial charge in [0.25, 0.3) is 0 Å². The zero-order chi connectivity index (χ0) is 14.9. The van der Waals surface area contributed by atoms with Crippen molar-refractivity contribution in [1.29, 1.82) is 0 Å². The summed E-state index contributed by atoms with van der Waals surface area (Å²) in [5.41, 5.74) is 3.17. The van der Waals surface area contributed by atoms with Crippen LogP contribution in [0.4, 0.5) is 0 Å². The van der Waals surface area contributed by atoms with Crippen molar-refractivity contribution < 1.29 is 0 Å². The molecule has 1 N–H and O–H groups in total. The third kappa shape index (κ3) is 5.18. The van der Waals surface area contributed by atoms with Crippen LogP contribution in [0.25, 0.3) is 0 Å². The van der Waals surface area contributed by atoms with E-state index in [0.717, 1.165) is 6.54 Å². The van der Waals surface area contributed by atoms with Gasteiger partial charge in [0.15, 0.2) is 0 Å².